The molecule has 2 aromatic carbocycles. The number of hydrogen-bond acceptors (Lipinski definition) is 5. The molecule has 0 amide bonds. The molecule has 0 aliphatic rings. The van der Waals surface area contributed by atoms with Crippen LogP contribution < -0.4 is 0 Å². The van der Waals surface area contributed by atoms with E-state index in [4.69, 9.17) is 0 Å². The maximum Gasteiger partial charge on any atom is 0.175 e. The smallest absolute Gasteiger partial charge is 0.175 e. The Bertz CT molecular complexity index is 1210. The van der Waals surface area contributed by atoms with Crippen molar-refractivity contribution < 1.29 is 8.42 Å². The summed E-state index contributed by atoms with van der Waals surface area (Å²) in [5, 5.41) is 0.922. The first-order valence-corrected chi connectivity index (χ1v) is 9.87. The largest absolute Gasteiger partial charge is 0.306 e. The molecule has 0 fully saturated rings. The van der Waals surface area contributed by atoms with E-state index < -0.39 is 9.84 Å². The molecule has 7 heteroatoms. The van der Waals surface area contributed by atoms with Crippen LogP contribution in [-0.2, 0) is 9.84 Å². The predicted octanol–water partition coefficient (Wildman–Crippen LogP) is 3.19. The van der Waals surface area contributed by atoms with Crippen molar-refractivity contribution in [1.82, 2.24) is 19.5 Å². The quantitative estimate of drug-likeness (QED) is 0.558. The minimum Gasteiger partial charge on any atom is -0.306 e. The Balaban J connectivity index is 1.72. The molecule has 0 radical (unpaired) electrons. The monoisotopic (exact) mass is 364 g/mol. The normalized spacial score (nSPS) is 11.8. The van der Waals surface area contributed by atoms with Crippen LogP contribution in [0.1, 0.15) is 5.69 Å². The number of imidazole rings is 1. The molecule has 2 aromatic heterocycles. The molecule has 2 heterocycles. The van der Waals surface area contributed by atoms with Crippen LogP contribution in [0.15, 0.2) is 66.1 Å². The van der Waals surface area contributed by atoms with E-state index in [1.54, 1.807) is 36.8 Å². The number of sulfone groups is 1. The van der Waals surface area contributed by atoms with Crippen molar-refractivity contribution in [2.75, 3.05) is 6.26 Å². The second-order valence-corrected chi connectivity index (χ2v) is 8.17. The maximum atomic E-state index is 11.6. The molecule has 0 saturated heterocycles. The van der Waals surface area contributed by atoms with Crippen LogP contribution in [0.2, 0.25) is 0 Å². The van der Waals surface area contributed by atoms with Crippen LogP contribution in [0, 0.1) is 6.92 Å². The Morgan fingerprint density at radius 2 is 1.77 bits per heavy atom. The first-order chi connectivity index (χ1) is 12.4. The molecule has 130 valence electrons. The lowest BCUT2D eigenvalue weighted by Gasteiger charge is -2.06. The number of fused-ring (bicyclic) bond motifs is 1. The molecule has 4 rings (SSSR count). The van der Waals surface area contributed by atoms with E-state index in [0.29, 0.717) is 5.82 Å². The molecule has 0 aliphatic heterocycles. The Morgan fingerprint density at radius 3 is 2.42 bits per heavy atom. The predicted molar refractivity (Wildman–Crippen MR) is 99.9 cm³/mol. The summed E-state index contributed by atoms with van der Waals surface area (Å²) >= 11 is 0. The minimum absolute atomic E-state index is 0.280. The van der Waals surface area contributed by atoms with Gasteiger partial charge in [0.2, 0.25) is 0 Å². The maximum absolute atomic E-state index is 11.6. The first-order valence-electron chi connectivity index (χ1n) is 7.98. The fraction of sp³-hybridized carbons (Fsp3) is 0.105. The van der Waals surface area contributed by atoms with Gasteiger partial charge in [-0.2, -0.15) is 0 Å². The van der Waals surface area contributed by atoms with Crippen molar-refractivity contribution in [2.24, 2.45) is 0 Å². The summed E-state index contributed by atoms with van der Waals surface area (Å²) in [5.41, 5.74) is 3.54. The van der Waals surface area contributed by atoms with Gasteiger partial charge in [0.25, 0.3) is 0 Å². The highest BCUT2D eigenvalue weighted by molar-refractivity contribution is 7.90. The third kappa shape index (κ3) is 3.09. The summed E-state index contributed by atoms with van der Waals surface area (Å²) in [6.45, 7) is 1.95. The highest BCUT2D eigenvalue weighted by Gasteiger charge is 2.09. The molecule has 0 unspecified atom stereocenters. The van der Waals surface area contributed by atoms with Gasteiger partial charge in [-0.25, -0.2) is 23.4 Å². The Labute approximate surface area is 151 Å². The molecule has 4 aromatic rings. The summed E-state index contributed by atoms with van der Waals surface area (Å²) in [6, 6.07) is 12.5. The number of rotatable bonds is 3. The molecule has 6 nitrogen and oxygen atoms in total. The average Bonchev–Trinajstić information content (AvgIpc) is 3.07. The summed E-state index contributed by atoms with van der Waals surface area (Å²) in [4.78, 5) is 13.5. The molecule has 0 atom stereocenters. The molecule has 0 spiro atoms. The van der Waals surface area contributed by atoms with Gasteiger partial charge in [-0.3, -0.25) is 0 Å². The third-order valence-electron chi connectivity index (χ3n) is 4.11. The van der Waals surface area contributed by atoms with Crippen molar-refractivity contribution in [1.29, 1.82) is 0 Å². The van der Waals surface area contributed by atoms with Crippen LogP contribution in [0.3, 0.4) is 0 Å². The number of benzene rings is 2. The lowest BCUT2D eigenvalue weighted by molar-refractivity contribution is 0.602. The van der Waals surface area contributed by atoms with Gasteiger partial charge >= 0.3 is 0 Å². The first kappa shape index (κ1) is 16.4. The molecular formula is C19H16N4O2S. The highest BCUT2D eigenvalue weighted by atomic mass is 32.2. The zero-order valence-corrected chi connectivity index (χ0v) is 15.1. The van der Waals surface area contributed by atoms with Gasteiger partial charge < -0.3 is 4.57 Å². The van der Waals surface area contributed by atoms with Crippen LogP contribution in [0.5, 0.6) is 0 Å². The average molecular weight is 364 g/mol. The lowest BCUT2D eigenvalue weighted by Crippen LogP contribution is -1.97. The van der Waals surface area contributed by atoms with Crippen molar-refractivity contribution in [3.63, 3.8) is 0 Å². The number of hydrogen-bond donors (Lipinski definition) is 0. The van der Waals surface area contributed by atoms with E-state index >= 15 is 0 Å². The zero-order chi connectivity index (χ0) is 18.3. The third-order valence-corrected chi connectivity index (χ3v) is 5.24. The van der Waals surface area contributed by atoms with Gasteiger partial charge in [-0.1, -0.05) is 0 Å². The van der Waals surface area contributed by atoms with Gasteiger partial charge in [0.1, 0.15) is 0 Å². The molecule has 0 saturated carbocycles. The lowest BCUT2D eigenvalue weighted by atomic mass is 10.2. The molecule has 0 bridgehead atoms. The molecule has 0 N–H and O–H groups in total. The van der Waals surface area contributed by atoms with Crippen molar-refractivity contribution in [3.05, 3.63) is 66.9 Å². The fourth-order valence-corrected chi connectivity index (χ4v) is 3.36. The van der Waals surface area contributed by atoms with Crippen LogP contribution in [-0.4, -0.2) is 34.2 Å². The van der Waals surface area contributed by atoms with Crippen molar-refractivity contribution >= 4 is 20.7 Å². The van der Waals surface area contributed by atoms with Gasteiger partial charge in [-0.15, -0.1) is 0 Å². The number of aryl methyl sites for hydroxylation is 1. The molecular weight excluding hydrogens is 348 g/mol. The zero-order valence-electron chi connectivity index (χ0n) is 14.3. The fourth-order valence-electron chi connectivity index (χ4n) is 2.73. The van der Waals surface area contributed by atoms with Crippen molar-refractivity contribution in [3.8, 4) is 17.1 Å². The van der Waals surface area contributed by atoms with Crippen LogP contribution in [0.25, 0.3) is 28.0 Å². The Kier molecular flexibility index (Phi) is 3.81. The van der Waals surface area contributed by atoms with E-state index in [2.05, 4.69) is 15.0 Å². The Morgan fingerprint density at radius 1 is 1.00 bits per heavy atom. The minimum atomic E-state index is -3.21. The summed E-state index contributed by atoms with van der Waals surface area (Å²) in [6.07, 6.45) is 6.69. The summed E-state index contributed by atoms with van der Waals surface area (Å²) in [5.74, 6) is 0.559. The van der Waals surface area contributed by atoms with Gasteiger partial charge in [0.05, 0.1) is 22.4 Å². The van der Waals surface area contributed by atoms with E-state index in [1.807, 2.05) is 35.9 Å². The second-order valence-electron chi connectivity index (χ2n) is 6.16. The van der Waals surface area contributed by atoms with E-state index in [9.17, 15) is 8.42 Å². The van der Waals surface area contributed by atoms with E-state index in [1.165, 1.54) is 6.26 Å². The molecule has 26 heavy (non-hydrogen) atoms. The number of aromatic nitrogens is 4. The van der Waals surface area contributed by atoms with Crippen molar-refractivity contribution in [2.45, 2.75) is 11.8 Å². The second kappa shape index (κ2) is 6.03. The van der Waals surface area contributed by atoms with E-state index in [0.717, 1.165) is 27.8 Å². The Hall–Kier alpha value is -3.06. The van der Waals surface area contributed by atoms with Gasteiger partial charge in [0, 0.05) is 35.3 Å². The van der Waals surface area contributed by atoms with Crippen LogP contribution >= 0.6 is 0 Å². The van der Waals surface area contributed by atoms with Gasteiger partial charge in [-0.05, 0) is 49.4 Å². The number of nitrogens with zero attached hydrogens (tertiary/aromatic N) is 4. The standard InChI is InChI=1S/C19H16N4O2S/c1-13-11-23(12-21-13)16-5-8-18-15(9-16)10-20-19(22-18)14-3-6-17(7-4-14)26(2,24)25/h3-12H,1-2H3. The van der Waals surface area contributed by atoms with Crippen LogP contribution in [0.4, 0.5) is 0 Å². The topological polar surface area (TPSA) is 77.7 Å². The summed E-state index contributed by atoms with van der Waals surface area (Å²) in [7, 11) is -3.21. The highest BCUT2D eigenvalue weighted by Crippen LogP contribution is 2.22. The molecule has 0 aliphatic carbocycles. The van der Waals surface area contributed by atoms with Gasteiger partial charge in [0.15, 0.2) is 15.7 Å². The SMILES string of the molecule is Cc1cn(-c2ccc3nc(-c4ccc(S(C)(=O)=O)cc4)ncc3c2)cn1. The summed E-state index contributed by atoms with van der Waals surface area (Å²) < 4.78 is 25.1. The van der Waals surface area contributed by atoms with E-state index in [-0.39, 0.29) is 4.90 Å².